The lowest BCUT2D eigenvalue weighted by Gasteiger charge is -2.07. The maximum absolute atomic E-state index is 5.30. The first-order chi connectivity index (χ1) is 3.55. The predicted octanol–water partition coefficient (Wildman–Crippen LogP) is 0.567. The van der Waals surface area contributed by atoms with Crippen LogP contribution in [0.4, 0.5) is 0 Å². The molecule has 46 valence electrons. The number of hydrogen-bond acceptors (Lipinski definition) is 2. The Bertz CT molecular complexity index is 102. The Morgan fingerprint density at radius 2 is 1.50 bits per heavy atom. The second kappa shape index (κ2) is 2.40. The van der Waals surface area contributed by atoms with E-state index in [4.69, 9.17) is 11.5 Å². The zero-order chi connectivity index (χ0) is 6.73. The molecule has 0 fully saturated rings. The quantitative estimate of drug-likeness (QED) is 0.548. The van der Waals surface area contributed by atoms with Gasteiger partial charge in [-0.05, 0) is 0 Å². The average Bonchev–Trinajstić information content (AvgIpc) is 1.64. The van der Waals surface area contributed by atoms with E-state index in [-0.39, 0.29) is 5.92 Å². The highest BCUT2D eigenvalue weighted by atomic mass is 14.7. The molecule has 8 heavy (non-hydrogen) atoms. The van der Waals surface area contributed by atoms with Crippen molar-refractivity contribution in [1.29, 1.82) is 0 Å². The summed E-state index contributed by atoms with van der Waals surface area (Å²) in [5, 5.41) is 0. The summed E-state index contributed by atoms with van der Waals surface area (Å²) < 4.78 is 0. The monoisotopic (exact) mass is 112 g/mol. The third-order valence-corrected chi connectivity index (χ3v) is 1.11. The topological polar surface area (TPSA) is 52.0 Å². The van der Waals surface area contributed by atoms with E-state index in [1.165, 1.54) is 0 Å². The lowest BCUT2D eigenvalue weighted by atomic mass is 10.1. The molecule has 0 saturated heterocycles. The zero-order valence-corrected chi connectivity index (χ0v) is 5.15. The molecule has 0 rings (SSSR count). The van der Waals surface area contributed by atoms with Gasteiger partial charge in [-0.1, -0.05) is 20.1 Å². The van der Waals surface area contributed by atoms with Crippen molar-refractivity contribution in [2.24, 2.45) is 17.4 Å². The Morgan fingerprint density at radius 1 is 1.25 bits per heavy atom. The van der Waals surface area contributed by atoms with Crippen LogP contribution in [0.1, 0.15) is 6.92 Å². The van der Waals surface area contributed by atoms with Crippen LogP contribution in [0.25, 0.3) is 0 Å². The van der Waals surface area contributed by atoms with Gasteiger partial charge in [0.1, 0.15) is 0 Å². The molecule has 0 aliphatic rings. The molecule has 0 bridgehead atoms. The molecule has 2 heteroatoms. The molecule has 4 N–H and O–H groups in total. The third-order valence-electron chi connectivity index (χ3n) is 1.11. The summed E-state index contributed by atoms with van der Waals surface area (Å²) in [6, 6.07) is 0. The maximum Gasteiger partial charge on any atom is 0.0340 e. The molecule has 0 atom stereocenters. The molecule has 0 unspecified atom stereocenters. The van der Waals surface area contributed by atoms with Crippen LogP contribution in [-0.2, 0) is 0 Å². The third kappa shape index (κ3) is 1.69. The fraction of sp³-hybridized carbons (Fsp3) is 0.333. The van der Waals surface area contributed by atoms with Gasteiger partial charge in [0.05, 0.1) is 0 Å². The second-order valence-corrected chi connectivity index (χ2v) is 1.87. The SMILES string of the molecule is C=C(N)C(C)C(=C)N. The van der Waals surface area contributed by atoms with Crippen molar-refractivity contribution < 1.29 is 0 Å². The van der Waals surface area contributed by atoms with Crippen LogP contribution in [-0.4, -0.2) is 0 Å². The minimum Gasteiger partial charge on any atom is -0.402 e. The molecular weight excluding hydrogens is 100 g/mol. The van der Waals surface area contributed by atoms with E-state index in [9.17, 15) is 0 Å². The maximum atomic E-state index is 5.30. The molecule has 0 heterocycles. The van der Waals surface area contributed by atoms with Gasteiger partial charge in [0.25, 0.3) is 0 Å². The summed E-state index contributed by atoms with van der Waals surface area (Å²) in [5.74, 6) is 0.0370. The summed E-state index contributed by atoms with van der Waals surface area (Å²) >= 11 is 0. The van der Waals surface area contributed by atoms with Gasteiger partial charge in [0, 0.05) is 17.3 Å². The van der Waals surface area contributed by atoms with E-state index in [1.54, 1.807) is 0 Å². The molecule has 0 spiro atoms. The lowest BCUT2D eigenvalue weighted by molar-refractivity contribution is 0.784. The highest BCUT2D eigenvalue weighted by molar-refractivity contribution is 5.08. The summed E-state index contributed by atoms with van der Waals surface area (Å²) in [7, 11) is 0. The van der Waals surface area contributed by atoms with Gasteiger partial charge in [-0.3, -0.25) is 0 Å². The Labute approximate surface area is 49.9 Å². The molecular formula is C6H12N2. The van der Waals surface area contributed by atoms with Crippen LogP contribution >= 0.6 is 0 Å². The highest BCUT2D eigenvalue weighted by Crippen LogP contribution is 2.06. The molecule has 0 aliphatic carbocycles. The summed E-state index contributed by atoms with van der Waals surface area (Å²) in [6.07, 6.45) is 0. The van der Waals surface area contributed by atoms with E-state index in [1.807, 2.05) is 6.92 Å². The van der Waals surface area contributed by atoms with Gasteiger partial charge < -0.3 is 11.5 Å². The van der Waals surface area contributed by atoms with Crippen LogP contribution in [0.2, 0.25) is 0 Å². The van der Waals surface area contributed by atoms with Crippen molar-refractivity contribution in [1.82, 2.24) is 0 Å². The van der Waals surface area contributed by atoms with E-state index in [2.05, 4.69) is 13.2 Å². The largest absolute Gasteiger partial charge is 0.402 e. The Hall–Kier alpha value is -0.920. The molecule has 2 nitrogen and oxygen atoms in total. The minimum absolute atomic E-state index is 0.0370. The molecule has 0 radical (unpaired) electrons. The average molecular weight is 112 g/mol. The molecule has 0 aliphatic heterocycles. The number of nitrogens with two attached hydrogens (primary N) is 2. The van der Waals surface area contributed by atoms with E-state index >= 15 is 0 Å². The van der Waals surface area contributed by atoms with Crippen molar-refractivity contribution in [2.75, 3.05) is 0 Å². The molecule has 0 aromatic carbocycles. The second-order valence-electron chi connectivity index (χ2n) is 1.87. The summed E-state index contributed by atoms with van der Waals surface area (Å²) in [5.41, 5.74) is 11.7. The zero-order valence-electron chi connectivity index (χ0n) is 5.15. The van der Waals surface area contributed by atoms with Gasteiger partial charge in [-0.25, -0.2) is 0 Å². The molecule has 0 aromatic rings. The lowest BCUT2D eigenvalue weighted by Crippen LogP contribution is -2.14. The summed E-state index contributed by atoms with van der Waals surface area (Å²) in [6.45, 7) is 8.89. The Kier molecular flexibility index (Phi) is 2.13. The smallest absolute Gasteiger partial charge is 0.0340 e. The van der Waals surface area contributed by atoms with Crippen LogP contribution in [0.3, 0.4) is 0 Å². The first-order valence-corrected chi connectivity index (χ1v) is 2.44. The number of hydrogen-bond donors (Lipinski definition) is 2. The van der Waals surface area contributed by atoms with Gasteiger partial charge in [0.2, 0.25) is 0 Å². The fourth-order valence-corrected chi connectivity index (χ4v) is 0.238. The van der Waals surface area contributed by atoms with Gasteiger partial charge in [-0.2, -0.15) is 0 Å². The molecule has 0 saturated carbocycles. The van der Waals surface area contributed by atoms with Crippen LogP contribution in [0.5, 0.6) is 0 Å². The normalized spacial score (nSPS) is 9.25. The van der Waals surface area contributed by atoms with Crippen molar-refractivity contribution in [3.05, 3.63) is 24.6 Å². The Morgan fingerprint density at radius 3 is 1.50 bits per heavy atom. The number of rotatable bonds is 2. The highest BCUT2D eigenvalue weighted by Gasteiger charge is 2.01. The van der Waals surface area contributed by atoms with Gasteiger partial charge in [-0.15, -0.1) is 0 Å². The molecule has 0 amide bonds. The minimum atomic E-state index is 0.0370. The predicted molar refractivity (Wildman–Crippen MR) is 35.8 cm³/mol. The van der Waals surface area contributed by atoms with Crippen molar-refractivity contribution >= 4 is 0 Å². The van der Waals surface area contributed by atoms with Crippen molar-refractivity contribution in [3.63, 3.8) is 0 Å². The van der Waals surface area contributed by atoms with Crippen molar-refractivity contribution in [3.8, 4) is 0 Å². The van der Waals surface area contributed by atoms with Crippen LogP contribution in [0, 0.1) is 5.92 Å². The summed E-state index contributed by atoms with van der Waals surface area (Å²) in [4.78, 5) is 0. The van der Waals surface area contributed by atoms with Crippen LogP contribution in [0.15, 0.2) is 24.6 Å². The fourth-order valence-electron chi connectivity index (χ4n) is 0.238. The van der Waals surface area contributed by atoms with Gasteiger partial charge in [0.15, 0.2) is 0 Å². The molecule has 0 aromatic heterocycles. The van der Waals surface area contributed by atoms with Crippen LogP contribution < -0.4 is 11.5 Å². The van der Waals surface area contributed by atoms with E-state index < -0.39 is 0 Å². The van der Waals surface area contributed by atoms with Crippen molar-refractivity contribution in [2.45, 2.75) is 6.92 Å². The standard InChI is InChI=1S/C6H12N2/c1-4(5(2)7)6(3)8/h4H,2-3,7-8H2,1H3. The van der Waals surface area contributed by atoms with E-state index in [0.29, 0.717) is 11.4 Å². The first-order valence-electron chi connectivity index (χ1n) is 2.44. The first kappa shape index (κ1) is 7.08. The van der Waals surface area contributed by atoms with Gasteiger partial charge >= 0.3 is 0 Å². The Balaban J connectivity index is 3.83. The van der Waals surface area contributed by atoms with E-state index in [0.717, 1.165) is 0 Å².